The second-order valence-corrected chi connectivity index (χ2v) is 7.87. The molecule has 3 amide bonds. The first-order chi connectivity index (χ1) is 15.4. The van der Waals surface area contributed by atoms with Gasteiger partial charge in [-0.25, -0.2) is 0 Å². The number of hydrogen-bond donors (Lipinski definition) is 2. The van der Waals surface area contributed by atoms with E-state index in [1.807, 2.05) is 30.3 Å². The Labute approximate surface area is 188 Å². The second kappa shape index (κ2) is 11.3. The van der Waals surface area contributed by atoms with Gasteiger partial charge >= 0.3 is 0 Å². The van der Waals surface area contributed by atoms with Crippen molar-refractivity contribution in [2.45, 2.75) is 12.8 Å². The van der Waals surface area contributed by atoms with Gasteiger partial charge in [-0.3, -0.25) is 14.4 Å². The van der Waals surface area contributed by atoms with Crippen molar-refractivity contribution in [3.63, 3.8) is 0 Å². The number of nitrogens with zero attached hydrogens (tertiary/aromatic N) is 2. The van der Waals surface area contributed by atoms with Gasteiger partial charge in [0.05, 0.1) is 19.8 Å². The molecule has 1 aliphatic rings. The first kappa shape index (κ1) is 23.3. The molecule has 3 rings (SSSR count). The summed E-state index contributed by atoms with van der Waals surface area (Å²) in [5.41, 5.74) is 3.02. The SMILES string of the molecule is CN(C)C(=O)CCc1ccc(NC(=O)CNc2cccc(C(=O)N3CCOCC3)c2)cc1. The molecule has 0 bridgehead atoms. The van der Waals surface area contributed by atoms with Crippen molar-refractivity contribution in [2.75, 3.05) is 57.6 Å². The number of anilines is 2. The van der Waals surface area contributed by atoms with Crippen LogP contribution in [0.15, 0.2) is 48.5 Å². The molecule has 8 nitrogen and oxygen atoms in total. The van der Waals surface area contributed by atoms with Gasteiger partial charge in [-0.1, -0.05) is 18.2 Å². The molecule has 0 radical (unpaired) electrons. The maximum Gasteiger partial charge on any atom is 0.254 e. The Balaban J connectivity index is 1.47. The van der Waals surface area contributed by atoms with E-state index in [2.05, 4.69) is 10.6 Å². The van der Waals surface area contributed by atoms with Crippen LogP contribution in [0.2, 0.25) is 0 Å². The number of aryl methyl sites for hydroxylation is 1. The maximum absolute atomic E-state index is 12.6. The fraction of sp³-hybridized carbons (Fsp3) is 0.375. The van der Waals surface area contributed by atoms with Crippen LogP contribution < -0.4 is 10.6 Å². The lowest BCUT2D eigenvalue weighted by atomic mass is 10.1. The largest absolute Gasteiger partial charge is 0.378 e. The molecular formula is C24H30N4O4. The second-order valence-electron chi connectivity index (χ2n) is 7.87. The van der Waals surface area contributed by atoms with Gasteiger partial charge in [-0.05, 0) is 42.3 Å². The zero-order chi connectivity index (χ0) is 22.9. The number of carbonyl (C=O) groups is 3. The van der Waals surface area contributed by atoms with Crippen molar-refractivity contribution < 1.29 is 19.1 Å². The number of hydrogen-bond acceptors (Lipinski definition) is 5. The molecule has 8 heteroatoms. The third kappa shape index (κ3) is 6.81. The molecule has 1 heterocycles. The molecule has 1 saturated heterocycles. The Kier molecular flexibility index (Phi) is 8.21. The van der Waals surface area contributed by atoms with Crippen molar-refractivity contribution in [3.8, 4) is 0 Å². The maximum atomic E-state index is 12.6. The van der Waals surface area contributed by atoms with Gasteiger partial charge in [0.15, 0.2) is 0 Å². The highest BCUT2D eigenvalue weighted by Gasteiger charge is 2.18. The summed E-state index contributed by atoms with van der Waals surface area (Å²) in [5, 5.41) is 5.91. The molecule has 0 saturated carbocycles. The van der Waals surface area contributed by atoms with Crippen LogP contribution in [-0.4, -0.2) is 74.5 Å². The summed E-state index contributed by atoms with van der Waals surface area (Å²) in [4.78, 5) is 40.0. The predicted molar refractivity (Wildman–Crippen MR) is 124 cm³/mol. The summed E-state index contributed by atoms with van der Waals surface area (Å²) in [5.74, 6) is -0.136. The third-order valence-corrected chi connectivity index (χ3v) is 5.22. The van der Waals surface area contributed by atoms with Crippen molar-refractivity contribution in [3.05, 3.63) is 59.7 Å². The number of amides is 3. The Morgan fingerprint density at radius 2 is 1.72 bits per heavy atom. The quantitative estimate of drug-likeness (QED) is 0.660. The van der Waals surface area contributed by atoms with Crippen molar-refractivity contribution in [1.29, 1.82) is 0 Å². The molecule has 0 aliphatic carbocycles. The highest BCUT2D eigenvalue weighted by molar-refractivity contribution is 5.96. The van der Waals surface area contributed by atoms with E-state index in [9.17, 15) is 14.4 Å². The topological polar surface area (TPSA) is 91.0 Å². The van der Waals surface area contributed by atoms with Crippen molar-refractivity contribution in [1.82, 2.24) is 9.80 Å². The van der Waals surface area contributed by atoms with Gasteiger partial charge < -0.3 is 25.2 Å². The normalized spacial score (nSPS) is 13.4. The van der Waals surface area contributed by atoms with E-state index in [1.54, 1.807) is 42.1 Å². The Hall–Kier alpha value is -3.39. The van der Waals surface area contributed by atoms with Crippen LogP contribution in [0.4, 0.5) is 11.4 Å². The van der Waals surface area contributed by atoms with Gasteiger partial charge in [0.2, 0.25) is 11.8 Å². The monoisotopic (exact) mass is 438 g/mol. The number of carbonyl (C=O) groups excluding carboxylic acids is 3. The first-order valence-corrected chi connectivity index (χ1v) is 10.7. The molecule has 0 aromatic heterocycles. The van der Waals surface area contributed by atoms with Crippen LogP contribution in [0, 0.1) is 0 Å². The van der Waals surface area contributed by atoms with Gasteiger partial charge in [0, 0.05) is 50.5 Å². The van der Waals surface area contributed by atoms with E-state index < -0.39 is 0 Å². The molecular weight excluding hydrogens is 408 g/mol. The zero-order valence-electron chi connectivity index (χ0n) is 18.6. The van der Waals surface area contributed by atoms with E-state index in [0.29, 0.717) is 56.1 Å². The van der Waals surface area contributed by atoms with Crippen molar-refractivity contribution >= 4 is 29.1 Å². The fourth-order valence-corrected chi connectivity index (χ4v) is 3.33. The van der Waals surface area contributed by atoms with Gasteiger partial charge in [0.25, 0.3) is 5.91 Å². The number of rotatable bonds is 8. The Morgan fingerprint density at radius 1 is 1.00 bits per heavy atom. The van der Waals surface area contributed by atoms with Gasteiger partial charge in [-0.15, -0.1) is 0 Å². The number of ether oxygens (including phenoxy) is 1. The Morgan fingerprint density at radius 3 is 2.41 bits per heavy atom. The van der Waals surface area contributed by atoms with Gasteiger partial charge in [-0.2, -0.15) is 0 Å². The van der Waals surface area contributed by atoms with Crippen LogP contribution >= 0.6 is 0 Å². The van der Waals surface area contributed by atoms with E-state index in [1.165, 1.54) is 0 Å². The standard InChI is InChI=1S/C24H30N4O4/c1-27(2)23(30)11-8-18-6-9-20(10-7-18)26-22(29)17-25-21-5-3-4-19(16-21)24(31)28-12-14-32-15-13-28/h3-7,9-10,16,25H,8,11-15,17H2,1-2H3,(H,26,29). The minimum absolute atomic E-state index is 0.0335. The molecule has 2 aromatic carbocycles. The molecule has 1 aliphatic heterocycles. The highest BCUT2D eigenvalue weighted by atomic mass is 16.5. The molecule has 0 unspecified atom stereocenters. The minimum atomic E-state index is -0.189. The average Bonchev–Trinajstić information content (AvgIpc) is 2.82. The van der Waals surface area contributed by atoms with Gasteiger partial charge in [0.1, 0.15) is 0 Å². The van der Waals surface area contributed by atoms with E-state index in [-0.39, 0.29) is 24.3 Å². The lowest BCUT2D eigenvalue weighted by Crippen LogP contribution is -2.40. The molecule has 2 aromatic rings. The lowest BCUT2D eigenvalue weighted by molar-refractivity contribution is -0.128. The van der Waals surface area contributed by atoms with Crippen LogP contribution in [0.3, 0.4) is 0 Å². The summed E-state index contributed by atoms with van der Waals surface area (Å²) >= 11 is 0. The minimum Gasteiger partial charge on any atom is -0.378 e. The highest BCUT2D eigenvalue weighted by Crippen LogP contribution is 2.15. The summed E-state index contributed by atoms with van der Waals surface area (Å²) < 4.78 is 5.29. The third-order valence-electron chi connectivity index (χ3n) is 5.22. The molecule has 0 spiro atoms. The van der Waals surface area contributed by atoms with Crippen LogP contribution in [-0.2, 0) is 20.7 Å². The van der Waals surface area contributed by atoms with E-state index in [4.69, 9.17) is 4.74 Å². The summed E-state index contributed by atoms with van der Waals surface area (Å²) in [6.45, 7) is 2.36. The van der Waals surface area contributed by atoms with Crippen LogP contribution in [0.5, 0.6) is 0 Å². The Bertz CT molecular complexity index is 937. The molecule has 1 fully saturated rings. The molecule has 2 N–H and O–H groups in total. The van der Waals surface area contributed by atoms with Crippen LogP contribution in [0.1, 0.15) is 22.3 Å². The summed E-state index contributed by atoms with van der Waals surface area (Å²) in [7, 11) is 3.49. The van der Waals surface area contributed by atoms with E-state index in [0.717, 1.165) is 5.56 Å². The summed E-state index contributed by atoms with van der Waals surface area (Å²) in [6, 6.07) is 14.6. The number of morpholine rings is 1. The first-order valence-electron chi connectivity index (χ1n) is 10.7. The lowest BCUT2D eigenvalue weighted by Gasteiger charge is -2.27. The number of nitrogens with one attached hydrogen (secondary N) is 2. The zero-order valence-corrected chi connectivity index (χ0v) is 18.6. The molecule has 32 heavy (non-hydrogen) atoms. The smallest absolute Gasteiger partial charge is 0.254 e. The van der Waals surface area contributed by atoms with Crippen LogP contribution in [0.25, 0.3) is 0 Å². The fourth-order valence-electron chi connectivity index (χ4n) is 3.33. The van der Waals surface area contributed by atoms with E-state index >= 15 is 0 Å². The molecule has 0 atom stereocenters. The predicted octanol–water partition coefficient (Wildman–Crippen LogP) is 2.23. The molecule has 170 valence electrons. The van der Waals surface area contributed by atoms with Crippen molar-refractivity contribution in [2.24, 2.45) is 0 Å². The summed E-state index contributed by atoms with van der Waals surface area (Å²) in [6.07, 6.45) is 1.11. The number of benzene rings is 2. The average molecular weight is 439 g/mol.